The Morgan fingerprint density at radius 2 is 1.80 bits per heavy atom. The smallest absolute Gasteiger partial charge is 0.158 e. The summed E-state index contributed by atoms with van der Waals surface area (Å²) >= 11 is 0. The fourth-order valence-electron chi connectivity index (χ4n) is 3.41. The molecule has 3 aromatic heterocycles. The number of nitrogens with one attached hydrogen (secondary N) is 1. The molecule has 3 heterocycles. The van der Waals surface area contributed by atoms with Gasteiger partial charge in [-0.1, -0.05) is 11.3 Å². The molecule has 0 aliphatic rings. The lowest BCUT2D eigenvalue weighted by Crippen LogP contribution is -2.02. The van der Waals surface area contributed by atoms with Crippen molar-refractivity contribution in [3.63, 3.8) is 0 Å². The first-order valence-corrected chi connectivity index (χ1v) is 9.58. The van der Waals surface area contributed by atoms with Gasteiger partial charge in [0.2, 0.25) is 0 Å². The number of benzene rings is 2. The minimum absolute atomic E-state index is 0.179. The third kappa shape index (κ3) is 3.12. The minimum atomic E-state index is -0.293. The molecule has 0 bridgehead atoms. The number of H-pyrrole nitrogens is 1. The average molecular weight is 399 g/mol. The Hall–Kier alpha value is -3.94. The first kappa shape index (κ1) is 18.1. The number of hydrogen-bond donors (Lipinski definition) is 1. The van der Waals surface area contributed by atoms with Gasteiger partial charge in [0.15, 0.2) is 5.82 Å². The van der Waals surface area contributed by atoms with Crippen molar-refractivity contribution in [2.24, 2.45) is 0 Å². The summed E-state index contributed by atoms with van der Waals surface area (Å²) in [6.45, 7) is 4.13. The standard InChI is InChI=1S/C22H18FN7/c1-13(2)30-19-11-15(5-8-17(19)28-29-30)21-20(14-3-6-16(23)7-4-14)26-22(27-21)18-12-24-9-10-25-18/h3-13H,1-2H3,(H,26,27). The predicted octanol–water partition coefficient (Wildman–Crippen LogP) is 4.67. The van der Waals surface area contributed by atoms with Gasteiger partial charge in [-0.05, 0) is 50.2 Å². The van der Waals surface area contributed by atoms with Gasteiger partial charge in [-0.15, -0.1) is 5.10 Å². The van der Waals surface area contributed by atoms with Crippen LogP contribution in [0.3, 0.4) is 0 Å². The lowest BCUT2D eigenvalue weighted by atomic mass is 10.0. The SMILES string of the molecule is CC(C)n1nnc2ccc(-c3[nH]c(-c4cnccn4)nc3-c3ccc(F)cc3)cc21. The summed E-state index contributed by atoms with van der Waals surface area (Å²) in [4.78, 5) is 16.6. The maximum absolute atomic E-state index is 13.5. The zero-order valence-corrected chi connectivity index (χ0v) is 16.4. The van der Waals surface area contributed by atoms with Gasteiger partial charge in [0, 0.05) is 29.6 Å². The molecular weight excluding hydrogens is 381 g/mol. The Morgan fingerprint density at radius 3 is 2.53 bits per heavy atom. The predicted molar refractivity (Wildman–Crippen MR) is 112 cm³/mol. The maximum Gasteiger partial charge on any atom is 0.158 e. The largest absolute Gasteiger partial charge is 0.336 e. The molecule has 5 rings (SSSR count). The third-order valence-corrected chi connectivity index (χ3v) is 4.88. The van der Waals surface area contributed by atoms with Crippen LogP contribution in [0.4, 0.5) is 4.39 Å². The van der Waals surface area contributed by atoms with Gasteiger partial charge in [-0.2, -0.15) is 0 Å². The van der Waals surface area contributed by atoms with Crippen LogP contribution in [-0.4, -0.2) is 34.9 Å². The maximum atomic E-state index is 13.5. The second kappa shape index (κ2) is 7.14. The molecule has 0 atom stereocenters. The fraction of sp³-hybridized carbons (Fsp3) is 0.136. The van der Waals surface area contributed by atoms with Crippen LogP contribution in [0.15, 0.2) is 61.1 Å². The van der Waals surface area contributed by atoms with Crippen LogP contribution in [0, 0.1) is 5.82 Å². The summed E-state index contributed by atoms with van der Waals surface area (Å²) in [7, 11) is 0. The van der Waals surface area contributed by atoms with Gasteiger partial charge in [-0.3, -0.25) is 4.98 Å². The van der Waals surface area contributed by atoms with Crippen LogP contribution >= 0.6 is 0 Å². The second-order valence-electron chi connectivity index (χ2n) is 7.24. The first-order chi connectivity index (χ1) is 14.6. The molecule has 0 aliphatic heterocycles. The van der Waals surface area contributed by atoms with E-state index in [4.69, 9.17) is 4.98 Å². The van der Waals surface area contributed by atoms with Crippen molar-refractivity contribution in [1.29, 1.82) is 0 Å². The van der Waals surface area contributed by atoms with Crippen LogP contribution in [0.2, 0.25) is 0 Å². The van der Waals surface area contributed by atoms with E-state index in [0.717, 1.165) is 27.9 Å². The summed E-state index contributed by atoms with van der Waals surface area (Å²) < 4.78 is 15.4. The van der Waals surface area contributed by atoms with Gasteiger partial charge in [0.05, 0.1) is 23.1 Å². The second-order valence-corrected chi connectivity index (χ2v) is 7.24. The number of rotatable bonds is 4. The molecule has 0 radical (unpaired) electrons. The van der Waals surface area contributed by atoms with Crippen LogP contribution < -0.4 is 0 Å². The molecule has 0 saturated carbocycles. The molecule has 0 aliphatic carbocycles. The lowest BCUT2D eigenvalue weighted by molar-refractivity contribution is 0.530. The van der Waals surface area contributed by atoms with E-state index >= 15 is 0 Å². The quantitative estimate of drug-likeness (QED) is 0.475. The molecule has 5 aromatic rings. The normalized spacial score (nSPS) is 11.5. The van der Waals surface area contributed by atoms with E-state index in [9.17, 15) is 4.39 Å². The highest BCUT2D eigenvalue weighted by Gasteiger charge is 2.18. The van der Waals surface area contributed by atoms with Crippen molar-refractivity contribution in [2.45, 2.75) is 19.9 Å². The molecule has 1 N–H and O–H groups in total. The summed E-state index contributed by atoms with van der Waals surface area (Å²) in [6, 6.07) is 12.4. The highest BCUT2D eigenvalue weighted by Crippen LogP contribution is 2.34. The lowest BCUT2D eigenvalue weighted by Gasteiger charge is -2.07. The molecule has 148 valence electrons. The third-order valence-electron chi connectivity index (χ3n) is 4.88. The van der Waals surface area contributed by atoms with Crippen molar-refractivity contribution in [2.75, 3.05) is 0 Å². The van der Waals surface area contributed by atoms with Crippen molar-refractivity contribution < 1.29 is 4.39 Å². The van der Waals surface area contributed by atoms with Crippen molar-refractivity contribution in [3.05, 3.63) is 66.9 Å². The number of aromatic nitrogens is 7. The van der Waals surface area contributed by atoms with E-state index in [1.165, 1.54) is 12.1 Å². The Balaban J connectivity index is 1.72. The van der Waals surface area contributed by atoms with E-state index in [-0.39, 0.29) is 11.9 Å². The summed E-state index contributed by atoms with van der Waals surface area (Å²) in [6.07, 6.45) is 4.88. The van der Waals surface area contributed by atoms with Gasteiger partial charge in [0.25, 0.3) is 0 Å². The number of fused-ring (bicyclic) bond motifs is 1. The van der Waals surface area contributed by atoms with Gasteiger partial charge in [-0.25, -0.2) is 19.0 Å². The van der Waals surface area contributed by atoms with E-state index in [2.05, 4.69) is 39.1 Å². The summed E-state index contributed by atoms with van der Waals surface area (Å²) in [5.74, 6) is 0.298. The topological polar surface area (TPSA) is 85.2 Å². The molecular formula is C22H18FN7. The van der Waals surface area contributed by atoms with Crippen LogP contribution in [0.1, 0.15) is 19.9 Å². The minimum Gasteiger partial charge on any atom is -0.336 e. The van der Waals surface area contributed by atoms with Crippen LogP contribution in [0.5, 0.6) is 0 Å². The number of halogens is 1. The van der Waals surface area contributed by atoms with E-state index in [1.807, 2.05) is 22.9 Å². The van der Waals surface area contributed by atoms with Crippen molar-refractivity contribution in [1.82, 2.24) is 34.9 Å². The van der Waals surface area contributed by atoms with Crippen molar-refractivity contribution >= 4 is 11.0 Å². The summed E-state index contributed by atoms with van der Waals surface area (Å²) in [5.41, 5.74) is 5.62. The fourth-order valence-corrected chi connectivity index (χ4v) is 3.41. The Bertz CT molecular complexity index is 1320. The highest BCUT2D eigenvalue weighted by molar-refractivity contribution is 5.86. The number of hydrogen-bond acceptors (Lipinski definition) is 5. The van der Waals surface area contributed by atoms with Gasteiger partial charge < -0.3 is 4.98 Å². The molecule has 2 aromatic carbocycles. The van der Waals surface area contributed by atoms with E-state index in [1.54, 1.807) is 30.7 Å². The molecule has 0 amide bonds. The molecule has 30 heavy (non-hydrogen) atoms. The zero-order chi connectivity index (χ0) is 20.7. The Morgan fingerprint density at radius 1 is 1.00 bits per heavy atom. The summed E-state index contributed by atoms with van der Waals surface area (Å²) in [5, 5.41) is 8.50. The highest BCUT2D eigenvalue weighted by atomic mass is 19.1. The van der Waals surface area contributed by atoms with Crippen LogP contribution in [0.25, 0.3) is 45.1 Å². The molecule has 7 nitrogen and oxygen atoms in total. The van der Waals surface area contributed by atoms with Gasteiger partial charge >= 0.3 is 0 Å². The molecule has 0 unspecified atom stereocenters. The number of imidazole rings is 1. The van der Waals surface area contributed by atoms with E-state index < -0.39 is 0 Å². The van der Waals surface area contributed by atoms with Gasteiger partial charge in [0.1, 0.15) is 17.0 Å². The van der Waals surface area contributed by atoms with Crippen LogP contribution in [-0.2, 0) is 0 Å². The first-order valence-electron chi connectivity index (χ1n) is 9.58. The zero-order valence-electron chi connectivity index (χ0n) is 16.4. The van der Waals surface area contributed by atoms with E-state index in [0.29, 0.717) is 17.2 Å². The molecule has 8 heteroatoms. The molecule has 0 fully saturated rings. The number of aromatic amines is 1. The number of nitrogens with zero attached hydrogens (tertiary/aromatic N) is 6. The molecule has 0 spiro atoms. The monoisotopic (exact) mass is 399 g/mol. The Kier molecular flexibility index (Phi) is 4.31. The molecule has 0 saturated heterocycles. The van der Waals surface area contributed by atoms with Crippen molar-refractivity contribution in [3.8, 4) is 34.0 Å². The Labute approximate surface area is 171 Å². The average Bonchev–Trinajstić information content (AvgIpc) is 3.39.